The van der Waals surface area contributed by atoms with Crippen LogP contribution in [0.4, 0.5) is 4.39 Å². The number of rotatable bonds is 1. The predicted molar refractivity (Wildman–Crippen MR) is 61.3 cm³/mol. The van der Waals surface area contributed by atoms with E-state index in [-0.39, 0.29) is 16.8 Å². The summed E-state index contributed by atoms with van der Waals surface area (Å²) < 4.78 is 13.8. The van der Waals surface area contributed by atoms with Gasteiger partial charge in [-0.1, -0.05) is 23.2 Å². The molecule has 2 rings (SSSR count). The number of nitrogens with one attached hydrogen (secondary N) is 1. The second kappa shape index (κ2) is 4.69. The van der Waals surface area contributed by atoms with Gasteiger partial charge in [0.05, 0.1) is 5.02 Å². The number of piperidine rings is 1. The highest BCUT2D eigenvalue weighted by Gasteiger charge is 2.22. The fraction of sp³-hybridized carbons (Fsp3) is 0.455. The lowest BCUT2D eigenvalue weighted by atomic mass is 9.91. The first-order valence-electron chi connectivity index (χ1n) is 5.04. The molecule has 1 N–H and O–H groups in total. The minimum atomic E-state index is -0.363. The van der Waals surface area contributed by atoms with Gasteiger partial charge in [-0.3, -0.25) is 0 Å². The Kier molecular flexibility index (Phi) is 3.49. The highest BCUT2D eigenvalue weighted by atomic mass is 35.5. The SMILES string of the molecule is Fc1c(Cl)ccc(Cl)c1C1CCCNC1. The Morgan fingerprint density at radius 2 is 2.00 bits per heavy atom. The Morgan fingerprint density at radius 1 is 1.27 bits per heavy atom. The number of hydrogen-bond acceptors (Lipinski definition) is 1. The predicted octanol–water partition coefficient (Wildman–Crippen LogP) is 3.60. The molecule has 1 saturated heterocycles. The summed E-state index contributed by atoms with van der Waals surface area (Å²) in [7, 11) is 0. The summed E-state index contributed by atoms with van der Waals surface area (Å²) in [6.45, 7) is 1.77. The molecule has 1 atom stereocenters. The van der Waals surface area contributed by atoms with Crippen LogP contribution in [0.5, 0.6) is 0 Å². The summed E-state index contributed by atoms with van der Waals surface area (Å²) in [5, 5.41) is 3.87. The van der Waals surface area contributed by atoms with Gasteiger partial charge in [0.25, 0.3) is 0 Å². The standard InChI is InChI=1S/C11H12Cl2FN/c12-8-3-4-9(13)11(14)10(8)7-2-1-5-15-6-7/h3-4,7,15H,1-2,5-6H2. The minimum Gasteiger partial charge on any atom is -0.316 e. The normalized spacial score (nSPS) is 21.7. The van der Waals surface area contributed by atoms with Gasteiger partial charge in [-0.15, -0.1) is 0 Å². The third-order valence-electron chi connectivity index (χ3n) is 2.78. The van der Waals surface area contributed by atoms with E-state index in [9.17, 15) is 4.39 Å². The van der Waals surface area contributed by atoms with Crippen LogP contribution in [0.2, 0.25) is 10.0 Å². The van der Waals surface area contributed by atoms with Crippen LogP contribution in [-0.4, -0.2) is 13.1 Å². The molecule has 1 fully saturated rings. The van der Waals surface area contributed by atoms with Crippen molar-refractivity contribution in [1.82, 2.24) is 5.32 Å². The number of hydrogen-bond donors (Lipinski definition) is 1. The lowest BCUT2D eigenvalue weighted by Crippen LogP contribution is -2.29. The van der Waals surface area contributed by atoms with Crippen molar-refractivity contribution < 1.29 is 4.39 Å². The third kappa shape index (κ3) is 2.27. The lowest BCUT2D eigenvalue weighted by Gasteiger charge is -2.24. The topological polar surface area (TPSA) is 12.0 Å². The van der Waals surface area contributed by atoms with Gasteiger partial charge in [0.2, 0.25) is 0 Å². The molecule has 4 heteroatoms. The zero-order valence-electron chi connectivity index (χ0n) is 8.19. The molecule has 1 aromatic carbocycles. The highest BCUT2D eigenvalue weighted by molar-refractivity contribution is 6.33. The van der Waals surface area contributed by atoms with Crippen molar-refractivity contribution in [1.29, 1.82) is 0 Å². The zero-order chi connectivity index (χ0) is 10.8. The van der Waals surface area contributed by atoms with E-state index in [0.29, 0.717) is 10.6 Å². The van der Waals surface area contributed by atoms with Crippen molar-refractivity contribution in [3.63, 3.8) is 0 Å². The molecule has 0 aliphatic carbocycles. The molecule has 1 aliphatic heterocycles. The summed E-state index contributed by atoms with van der Waals surface area (Å²) >= 11 is 11.8. The Hall–Kier alpha value is -0.310. The van der Waals surface area contributed by atoms with Gasteiger partial charge in [0.15, 0.2) is 0 Å². The van der Waals surface area contributed by atoms with Crippen LogP contribution in [0, 0.1) is 5.82 Å². The van der Waals surface area contributed by atoms with Gasteiger partial charge < -0.3 is 5.32 Å². The molecule has 0 saturated carbocycles. The quantitative estimate of drug-likeness (QED) is 0.749. The summed E-state index contributed by atoms with van der Waals surface area (Å²) in [4.78, 5) is 0. The van der Waals surface area contributed by atoms with Crippen molar-refractivity contribution >= 4 is 23.2 Å². The molecule has 0 spiro atoms. The van der Waals surface area contributed by atoms with E-state index >= 15 is 0 Å². The van der Waals surface area contributed by atoms with Crippen LogP contribution < -0.4 is 5.32 Å². The lowest BCUT2D eigenvalue weighted by molar-refractivity contribution is 0.447. The Labute approximate surface area is 98.6 Å². The van der Waals surface area contributed by atoms with Gasteiger partial charge in [-0.25, -0.2) is 4.39 Å². The summed E-state index contributed by atoms with van der Waals surface area (Å²) in [5.41, 5.74) is 0.566. The fourth-order valence-electron chi connectivity index (χ4n) is 2.02. The van der Waals surface area contributed by atoms with E-state index in [0.717, 1.165) is 25.9 Å². The van der Waals surface area contributed by atoms with Gasteiger partial charge in [-0.05, 0) is 31.5 Å². The average molecular weight is 248 g/mol. The van der Waals surface area contributed by atoms with Crippen molar-refractivity contribution in [3.05, 3.63) is 33.6 Å². The van der Waals surface area contributed by atoms with Crippen molar-refractivity contribution in [2.45, 2.75) is 18.8 Å². The second-order valence-corrected chi connectivity index (χ2v) is 4.61. The van der Waals surface area contributed by atoms with E-state index in [1.807, 2.05) is 0 Å². The van der Waals surface area contributed by atoms with Gasteiger partial charge in [0, 0.05) is 23.0 Å². The molecule has 1 aliphatic rings. The summed E-state index contributed by atoms with van der Waals surface area (Å²) in [6, 6.07) is 3.16. The third-order valence-corrected chi connectivity index (χ3v) is 3.41. The summed E-state index contributed by atoms with van der Waals surface area (Å²) in [5.74, 6) is -0.220. The largest absolute Gasteiger partial charge is 0.316 e. The minimum absolute atomic E-state index is 0.143. The Balaban J connectivity index is 2.36. The van der Waals surface area contributed by atoms with E-state index in [1.165, 1.54) is 6.07 Å². The van der Waals surface area contributed by atoms with Gasteiger partial charge in [0.1, 0.15) is 5.82 Å². The van der Waals surface area contributed by atoms with Crippen LogP contribution in [0.3, 0.4) is 0 Å². The van der Waals surface area contributed by atoms with E-state index in [4.69, 9.17) is 23.2 Å². The van der Waals surface area contributed by atoms with E-state index in [1.54, 1.807) is 6.07 Å². The number of benzene rings is 1. The maximum Gasteiger partial charge on any atom is 0.146 e. The van der Waals surface area contributed by atoms with Crippen LogP contribution in [0.15, 0.2) is 12.1 Å². The van der Waals surface area contributed by atoms with E-state index in [2.05, 4.69) is 5.32 Å². The molecule has 1 nitrogen and oxygen atoms in total. The highest BCUT2D eigenvalue weighted by Crippen LogP contribution is 2.34. The first-order chi connectivity index (χ1) is 7.20. The molecule has 1 heterocycles. The smallest absolute Gasteiger partial charge is 0.146 e. The van der Waals surface area contributed by atoms with Crippen LogP contribution >= 0.6 is 23.2 Å². The van der Waals surface area contributed by atoms with Crippen molar-refractivity contribution in [2.24, 2.45) is 0 Å². The summed E-state index contributed by atoms with van der Waals surface area (Å²) in [6.07, 6.45) is 2.01. The van der Waals surface area contributed by atoms with E-state index < -0.39 is 0 Å². The van der Waals surface area contributed by atoms with Crippen LogP contribution in [0.25, 0.3) is 0 Å². The molecular weight excluding hydrogens is 236 g/mol. The Morgan fingerprint density at radius 3 is 2.67 bits per heavy atom. The average Bonchev–Trinajstić information content (AvgIpc) is 2.26. The molecule has 15 heavy (non-hydrogen) atoms. The second-order valence-electron chi connectivity index (χ2n) is 3.80. The van der Waals surface area contributed by atoms with Gasteiger partial charge in [-0.2, -0.15) is 0 Å². The molecule has 0 bridgehead atoms. The maximum atomic E-state index is 13.8. The van der Waals surface area contributed by atoms with Crippen molar-refractivity contribution in [3.8, 4) is 0 Å². The fourth-order valence-corrected chi connectivity index (χ4v) is 2.48. The molecule has 0 radical (unpaired) electrons. The molecule has 82 valence electrons. The molecule has 1 unspecified atom stereocenters. The van der Waals surface area contributed by atoms with Crippen molar-refractivity contribution in [2.75, 3.05) is 13.1 Å². The monoisotopic (exact) mass is 247 g/mol. The van der Waals surface area contributed by atoms with Crippen LogP contribution in [-0.2, 0) is 0 Å². The Bertz CT molecular complexity index is 362. The maximum absolute atomic E-state index is 13.8. The van der Waals surface area contributed by atoms with Crippen LogP contribution in [0.1, 0.15) is 24.3 Å². The number of halogens is 3. The van der Waals surface area contributed by atoms with Gasteiger partial charge >= 0.3 is 0 Å². The molecule has 0 amide bonds. The molecule has 1 aromatic rings. The first kappa shape index (κ1) is 11.2. The zero-order valence-corrected chi connectivity index (χ0v) is 9.71. The molecular formula is C11H12Cl2FN. The first-order valence-corrected chi connectivity index (χ1v) is 5.80. The molecule has 0 aromatic heterocycles.